The molecule has 0 fully saturated rings. The molecule has 2 aromatic rings. The van der Waals surface area contributed by atoms with Crippen LogP contribution in [0.3, 0.4) is 0 Å². The number of benzene rings is 1. The number of aryl methyl sites for hydroxylation is 2. The van der Waals surface area contributed by atoms with Crippen molar-refractivity contribution in [1.82, 2.24) is 4.98 Å². The quantitative estimate of drug-likeness (QED) is 0.707. The van der Waals surface area contributed by atoms with Gasteiger partial charge in [-0.05, 0) is 54.8 Å². The first-order valence-corrected chi connectivity index (χ1v) is 4.58. The van der Waals surface area contributed by atoms with E-state index in [1.54, 1.807) is 13.0 Å². The molecule has 0 radical (unpaired) electrons. The fraction of sp³-hybridized carbons (Fsp3) is 0.167. The number of halogens is 1. The number of rotatable bonds is 1. The van der Waals surface area contributed by atoms with E-state index in [-0.39, 0.29) is 5.82 Å². The Morgan fingerprint density at radius 3 is 2.50 bits per heavy atom. The molecule has 0 amide bonds. The molecule has 0 aliphatic heterocycles. The summed E-state index contributed by atoms with van der Waals surface area (Å²) in [5.74, 6) is -0.156. The number of aromatic nitrogens is 1. The third-order valence-corrected chi connectivity index (χ3v) is 2.30. The van der Waals surface area contributed by atoms with Crippen molar-refractivity contribution in [2.24, 2.45) is 0 Å². The lowest BCUT2D eigenvalue weighted by atomic mass is 10.1. The summed E-state index contributed by atoms with van der Waals surface area (Å²) in [5.41, 5.74) is 3.92. The molecule has 1 aromatic heterocycles. The van der Waals surface area contributed by atoms with Gasteiger partial charge in [0, 0.05) is 11.9 Å². The lowest BCUT2D eigenvalue weighted by Gasteiger charge is -2.00. The van der Waals surface area contributed by atoms with Gasteiger partial charge >= 0.3 is 0 Å². The van der Waals surface area contributed by atoms with Crippen LogP contribution in [0, 0.1) is 19.7 Å². The van der Waals surface area contributed by atoms with Crippen LogP contribution in [0.25, 0.3) is 11.3 Å². The second-order valence-corrected chi connectivity index (χ2v) is 3.55. The summed E-state index contributed by atoms with van der Waals surface area (Å²) in [6, 6.07) is 7.18. The van der Waals surface area contributed by atoms with Gasteiger partial charge in [0.25, 0.3) is 0 Å². The van der Waals surface area contributed by atoms with Gasteiger partial charge in [-0.25, -0.2) is 4.39 Å². The van der Waals surface area contributed by atoms with Crippen LogP contribution in [-0.4, -0.2) is 4.98 Å². The Balaban J connectivity index is 2.47. The zero-order chi connectivity index (χ0) is 10.1. The van der Waals surface area contributed by atoms with E-state index in [1.807, 2.05) is 25.3 Å². The summed E-state index contributed by atoms with van der Waals surface area (Å²) in [6.07, 6.45) is 1.94. The standard InChI is InChI=1S/C12H12FN/c1-8-5-12(14-7-8)10-3-4-11(13)9(2)6-10/h3-7,14H,1-2H3. The summed E-state index contributed by atoms with van der Waals surface area (Å²) >= 11 is 0. The molecule has 0 saturated carbocycles. The highest BCUT2D eigenvalue weighted by Crippen LogP contribution is 2.21. The van der Waals surface area contributed by atoms with Crippen LogP contribution in [0.15, 0.2) is 30.5 Å². The first kappa shape index (κ1) is 9.00. The Morgan fingerprint density at radius 2 is 1.93 bits per heavy atom. The topological polar surface area (TPSA) is 15.8 Å². The third kappa shape index (κ3) is 1.55. The molecule has 1 N–H and O–H groups in total. The molecular formula is C12H12FN. The van der Waals surface area contributed by atoms with Crippen molar-refractivity contribution in [3.63, 3.8) is 0 Å². The highest BCUT2D eigenvalue weighted by Gasteiger charge is 2.02. The molecule has 72 valence electrons. The summed E-state index contributed by atoms with van der Waals surface area (Å²) < 4.78 is 13.0. The van der Waals surface area contributed by atoms with Gasteiger partial charge in [0.05, 0.1) is 0 Å². The van der Waals surface area contributed by atoms with Crippen LogP contribution < -0.4 is 0 Å². The maximum Gasteiger partial charge on any atom is 0.126 e. The maximum absolute atomic E-state index is 13.0. The van der Waals surface area contributed by atoms with Crippen LogP contribution in [0.1, 0.15) is 11.1 Å². The smallest absolute Gasteiger partial charge is 0.126 e. The third-order valence-electron chi connectivity index (χ3n) is 2.30. The van der Waals surface area contributed by atoms with Crippen LogP contribution in [0.5, 0.6) is 0 Å². The average molecular weight is 189 g/mol. The van der Waals surface area contributed by atoms with Gasteiger partial charge in [0.1, 0.15) is 5.82 Å². The zero-order valence-electron chi connectivity index (χ0n) is 8.26. The first-order valence-electron chi connectivity index (χ1n) is 4.58. The Hall–Kier alpha value is -1.57. The molecule has 2 heteroatoms. The number of hydrogen-bond donors (Lipinski definition) is 1. The Morgan fingerprint density at radius 1 is 1.14 bits per heavy atom. The number of nitrogens with one attached hydrogen (secondary N) is 1. The summed E-state index contributed by atoms with van der Waals surface area (Å²) in [7, 11) is 0. The summed E-state index contributed by atoms with van der Waals surface area (Å²) in [6.45, 7) is 3.80. The molecule has 0 unspecified atom stereocenters. The predicted octanol–water partition coefficient (Wildman–Crippen LogP) is 3.44. The van der Waals surface area contributed by atoms with Gasteiger partial charge < -0.3 is 4.98 Å². The van der Waals surface area contributed by atoms with Gasteiger partial charge in [-0.1, -0.05) is 0 Å². The molecular weight excluding hydrogens is 177 g/mol. The Bertz CT molecular complexity index is 457. The highest BCUT2D eigenvalue weighted by molar-refractivity contribution is 5.61. The van der Waals surface area contributed by atoms with E-state index in [9.17, 15) is 4.39 Å². The molecule has 1 heterocycles. The van der Waals surface area contributed by atoms with Crippen molar-refractivity contribution < 1.29 is 4.39 Å². The largest absolute Gasteiger partial charge is 0.361 e. The second kappa shape index (κ2) is 3.29. The van der Waals surface area contributed by atoms with E-state index < -0.39 is 0 Å². The number of aromatic amines is 1. The van der Waals surface area contributed by atoms with E-state index >= 15 is 0 Å². The monoisotopic (exact) mass is 189 g/mol. The lowest BCUT2D eigenvalue weighted by Crippen LogP contribution is -1.83. The molecule has 0 atom stereocenters. The van der Waals surface area contributed by atoms with Crippen LogP contribution in [-0.2, 0) is 0 Å². The Kier molecular flexibility index (Phi) is 2.12. The van der Waals surface area contributed by atoms with Crippen LogP contribution in [0.4, 0.5) is 4.39 Å². The minimum atomic E-state index is -0.156. The SMILES string of the molecule is Cc1c[nH]c(-c2ccc(F)c(C)c2)c1. The van der Waals surface area contributed by atoms with Gasteiger partial charge in [-0.15, -0.1) is 0 Å². The van der Waals surface area contributed by atoms with Gasteiger partial charge in [-0.3, -0.25) is 0 Å². The zero-order valence-corrected chi connectivity index (χ0v) is 8.26. The van der Waals surface area contributed by atoms with Crippen molar-refractivity contribution in [1.29, 1.82) is 0 Å². The van der Waals surface area contributed by atoms with Gasteiger partial charge in [0.15, 0.2) is 0 Å². The van der Waals surface area contributed by atoms with E-state index in [0.29, 0.717) is 5.56 Å². The lowest BCUT2D eigenvalue weighted by molar-refractivity contribution is 0.619. The van der Waals surface area contributed by atoms with Crippen molar-refractivity contribution in [3.8, 4) is 11.3 Å². The molecule has 0 bridgehead atoms. The number of H-pyrrole nitrogens is 1. The molecule has 1 aromatic carbocycles. The summed E-state index contributed by atoms with van der Waals surface area (Å²) in [5, 5.41) is 0. The minimum absolute atomic E-state index is 0.156. The van der Waals surface area contributed by atoms with E-state index in [0.717, 1.165) is 11.3 Å². The van der Waals surface area contributed by atoms with Crippen molar-refractivity contribution in [2.45, 2.75) is 13.8 Å². The van der Waals surface area contributed by atoms with Gasteiger partial charge in [-0.2, -0.15) is 0 Å². The minimum Gasteiger partial charge on any atom is -0.361 e. The van der Waals surface area contributed by atoms with Crippen molar-refractivity contribution >= 4 is 0 Å². The normalized spacial score (nSPS) is 10.5. The van der Waals surface area contributed by atoms with Gasteiger partial charge in [0.2, 0.25) is 0 Å². The molecule has 0 spiro atoms. The predicted molar refractivity (Wildman–Crippen MR) is 55.7 cm³/mol. The molecule has 1 nitrogen and oxygen atoms in total. The first-order chi connectivity index (χ1) is 6.66. The fourth-order valence-corrected chi connectivity index (χ4v) is 1.48. The van der Waals surface area contributed by atoms with Crippen LogP contribution >= 0.6 is 0 Å². The number of hydrogen-bond acceptors (Lipinski definition) is 0. The Labute approximate surface area is 82.6 Å². The molecule has 14 heavy (non-hydrogen) atoms. The van der Waals surface area contributed by atoms with E-state index in [4.69, 9.17) is 0 Å². The summed E-state index contributed by atoms with van der Waals surface area (Å²) in [4.78, 5) is 3.15. The highest BCUT2D eigenvalue weighted by atomic mass is 19.1. The van der Waals surface area contributed by atoms with Crippen LogP contribution in [0.2, 0.25) is 0 Å². The van der Waals surface area contributed by atoms with Crippen molar-refractivity contribution in [2.75, 3.05) is 0 Å². The molecule has 0 aliphatic carbocycles. The molecule has 0 aliphatic rings. The van der Waals surface area contributed by atoms with E-state index in [2.05, 4.69) is 4.98 Å². The average Bonchev–Trinajstić information content (AvgIpc) is 2.57. The second-order valence-electron chi connectivity index (χ2n) is 3.55. The van der Waals surface area contributed by atoms with Crippen molar-refractivity contribution in [3.05, 3.63) is 47.4 Å². The molecule has 2 rings (SSSR count). The van der Waals surface area contributed by atoms with E-state index in [1.165, 1.54) is 11.6 Å². The maximum atomic E-state index is 13.0. The molecule has 0 saturated heterocycles. The fourth-order valence-electron chi connectivity index (χ4n) is 1.48.